The van der Waals surface area contributed by atoms with E-state index in [-0.39, 0.29) is 29.5 Å². The van der Waals surface area contributed by atoms with Crippen molar-refractivity contribution in [1.82, 2.24) is 19.5 Å². The number of nitrogens with two attached hydrogens (primary N) is 1. The van der Waals surface area contributed by atoms with Gasteiger partial charge in [0, 0.05) is 23.9 Å². The van der Waals surface area contributed by atoms with Gasteiger partial charge in [0.25, 0.3) is 5.56 Å². The van der Waals surface area contributed by atoms with Crippen molar-refractivity contribution in [2.45, 2.75) is 20.4 Å². The number of nitrogens with zero attached hydrogens (tertiary/aromatic N) is 4. The normalized spacial score (nSPS) is 11.1. The second-order valence-electron chi connectivity index (χ2n) is 9.74. The molecule has 0 radical (unpaired) electrons. The highest BCUT2D eigenvalue weighted by Crippen LogP contribution is 2.29. The molecule has 3 aromatic heterocycles. The summed E-state index contributed by atoms with van der Waals surface area (Å²) in [7, 11) is 0. The molecule has 3 heterocycles. The van der Waals surface area contributed by atoms with Gasteiger partial charge in [0.05, 0.1) is 33.4 Å². The highest BCUT2D eigenvalue weighted by molar-refractivity contribution is 7.22. The molecule has 0 aliphatic rings. The highest BCUT2D eigenvalue weighted by atomic mass is 32.1. The van der Waals surface area contributed by atoms with E-state index in [2.05, 4.69) is 25.6 Å². The number of amides is 1. The average molecular weight is 575 g/mol. The number of rotatable bonds is 7. The third-order valence-corrected chi connectivity index (χ3v) is 7.80. The first-order valence-corrected chi connectivity index (χ1v) is 13.9. The molecule has 5 N–H and O–H groups in total. The van der Waals surface area contributed by atoms with E-state index in [0.717, 1.165) is 27.0 Å². The Labute approximate surface area is 244 Å². The number of nitrogens with one attached hydrogen (secondary N) is 3. The maximum atomic E-state index is 13.8. The van der Waals surface area contributed by atoms with Gasteiger partial charge in [0.1, 0.15) is 18.0 Å². The number of carbonyl (C=O) groups excluding carboxylic acids is 1. The number of nitrogen functional groups attached to an aromatic ring is 1. The van der Waals surface area contributed by atoms with E-state index in [9.17, 15) is 9.59 Å². The SMILES string of the molecule is CC(=O)Nc1nc2ccc(C(=N)c3c(N)ncnc3NCc3cc4cccc(C)c4c(=O)n3-c3ccccc3)cc2s1. The molecule has 10 nitrogen and oxygen atoms in total. The lowest BCUT2D eigenvalue weighted by Gasteiger charge is -2.18. The van der Waals surface area contributed by atoms with Crippen LogP contribution in [0.1, 0.15) is 29.3 Å². The fourth-order valence-corrected chi connectivity index (χ4v) is 5.91. The number of hydrogen-bond acceptors (Lipinski definition) is 9. The summed E-state index contributed by atoms with van der Waals surface area (Å²) in [4.78, 5) is 38.2. The minimum atomic E-state index is -0.203. The summed E-state index contributed by atoms with van der Waals surface area (Å²) < 4.78 is 2.51. The Morgan fingerprint density at radius 3 is 2.64 bits per heavy atom. The molecule has 3 aromatic carbocycles. The van der Waals surface area contributed by atoms with Crippen molar-refractivity contribution in [2.24, 2.45) is 0 Å². The van der Waals surface area contributed by atoms with Crippen LogP contribution in [0.3, 0.4) is 0 Å². The summed E-state index contributed by atoms with van der Waals surface area (Å²) in [5.41, 5.74) is 10.3. The predicted molar refractivity (Wildman–Crippen MR) is 168 cm³/mol. The molecule has 0 fully saturated rings. The van der Waals surface area contributed by atoms with Crippen LogP contribution < -0.4 is 21.9 Å². The van der Waals surface area contributed by atoms with Crippen molar-refractivity contribution in [3.63, 3.8) is 0 Å². The number of carbonyl (C=O) groups is 1. The number of benzene rings is 3. The van der Waals surface area contributed by atoms with Crippen LogP contribution in [0.2, 0.25) is 0 Å². The minimum Gasteiger partial charge on any atom is -0.383 e. The van der Waals surface area contributed by atoms with Crippen LogP contribution in [0.25, 0.3) is 26.7 Å². The zero-order chi connectivity index (χ0) is 29.4. The zero-order valence-corrected chi connectivity index (χ0v) is 23.6. The molecular weight excluding hydrogens is 548 g/mol. The fourth-order valence-electron chi connectivity index (χ4n) is 4.96. The minimum absolute atomic E-state index is 0.111. The summed E-state index contributed by atoms with van der Waals surface area (Å²) in [6.45, 7) is 3.60. The first kappa shape index (κ1) is 26.8. The van der Waals surface area contributed by atoms with E-state index >= 15 is 0 Å². The van der Waals surface area contributed by atoms with Gasteiger partial charge in [0.2, 0.25) is 5.91 Å². The Balaban J connectivity index is 1.38. The molecule has 0 spiro atoms. The van der Waals surface area contributed by atoms with Crippen molar-refractivity contribution in [1.29, 1.82) is 5.41 Å². The summed E-state index contributed by atoms with van der Waals surface area (Å²) >= 11 is 1.32. The van der Waals surface area contributed by atoms with Gasteiger partial charge in [-0.15, -0.1) is 0 Å². The van der Waals surface area contributed by atoms with Crippen LogP contribution in [0.4, 0.5) is 16.8 Å². The Morgan fingerprint density at radius 1 is 1.05 bits per heavy atom. The number of anilines is 3. The van der Waals surface area contributed by atoms with Crippen LogP contribution in [0, 0.1) is 12.3 Å². The fraction of sp³-hybridized carbons (Fsp3) is 0.0968. The molecule has 0 saturated carbocycles. The van der Waals surface area contributed by atoms with Crippen molar-refractivity contribution in [2.75, 3.05) is 16.4 Å². The van der Waals surface area contributed by atoms with Crippen LogP contribution in [-0.2, 0) is 11.3 Å². The van der Waals surface area contributed by atoms with Gasteiger partial charge >= 0.3 is 0 Å². The lowest BCUT2D eigenvalue weighted by Crippen LogP contribution is -2.24. The molecule has 0 saturated heterocycles. The number of aryl methyl sites for hydroxylation is 1. The Morgan fingerprint density at radius 2 is 1.86 bits per heavy atom. The van der Waals surface area contributed by atoms with Crippen LogP contribution in [0.5, 0.6) is 0 Å². The molecule has 1 amide bonds. The van der Waals surface area contributed by atoms with Crippen molar-refractivity contribution in [3.05, 3.63) is 112 Å². The number of para-hydroxylation sites is 1. The molecule has 0 aliphatic carbocycles. The van der Waals surface area contributed by atoms with Gasteiger partial charge in [-0.2, -0.15) is 0 Å². The lowest BCUT2D eigenvalue weighted by atomic mass is 10.0. The quantitative estimate of drug-likeness (QED) is 0.190. The largest absolute Gasteiger partial charge is 0.383 e. The topological polar surface area (TPSA) is 152 Å². The van der Waals surface area contributed by atoms with Gasteiger partial charge in [0.15, 0.2) is 5.13 Å². The van der Waals surface area contributed by atoms with E-state index in [0.29, 0.717) is 33.0 Å². The first-order valence-electron chi connectivity index (χ1n) is 13.1. The van der Waals surface area contributed by atoms with Crippen LogP contribution >= 0.6 is 11.3 Å². The van der Waals surface area contributed by atoms with Crippen molar-refractivity contribution >= 4 is 60.7 Å². The molecule has 42 heavy (non-hydrogen) atoms. The van der Waals surface area contributed by atoms with E-state index < -0.39 is 0 Å². The van der Waals surface area contributed by atoms with Gasteiger partial charge < -0.3 is 16.4 Å². The molecule has 6 aromatic rings. The second-order valence-corrected chi connectivity index (χ2v) is 10.8. The van der Waals surface area contributed by atoms with Gasteiger partial charge in [-0.25, -0.2) is 15.0 Å². The highest BCUT2D eigenvalue weighted by Gasteiger charge is 2.19. The smallest absolute Gasteiger partial charge is 0.263 e. The maximum absolute atomic E-state index is 13.8. The lowest BCUT2D eigenvalue weighted by molar-refractivity contribution is -0.114. The Hall–Kier alpha value is -5.42. The molecule has 0 bridgehead atoms. The second kappa shape index (κ2) is 10.9. The summed E-state index contributed by atoms with van der Waals surface area (Å²) in [5, 5.41) is 17.0. The Bertz CT molecular complexity index is 2070. The molecule has 6 rings (SSSR count). The summed E-state index contributed by atoms with van der Waals surface area (Å²) in [6.07, 6.45) is 1.34. The number of thiazole rings is 1. The van der Waals surface area contributed by atoms with Gasteiger partial charge in [-0.3, -0.25) is 19.6 Å². The Kier molecular flexibility index (Phi) is 6.93. The first-order chi connectivity index (χ1) is 20.3. The standard InChI is InChI=1S/C31H26N8O2S/c1-17-7-6-8-19-13-22(39(30(41)25(17)19)21-9-4-3-5-10-21)15-34-29-26(28(33)35-16-36-29)27(32)20-11-12-23-24(14-20)42-31(38-23)37-18(2)40/h3-14,16,32H,15H2,1-2H3,(H,37,38,40)(H3,33,34,35,36). The third kappa shape index (κ3) is 4.97. The number of pyridine rings is 1. The summed E-state index contributed by atoms with van der Waals surface area (Å²) in [5.74, 6) is 0.314. The van der Waals surface area contributed by atoms with Crippen molar-refractivity contribution < 1.29 is 4.79 Å². The predicted octanol–water partition coefficient (Wildman–Crippen LogP) is 5.27. The molecule has 0 atom stereocenters. The van der Waals surface area contributed by atoms with Gasteiger partial charge in [-0.05, 0) is 48.2 Å². The molecule has 208 valence electrons. The molecule has 0 unspecified atom stereocenters. The van der Waals surface area contributed by atoms with E-state index in [1.54, 1.807) is 16.7 Å². The van der Waals surface area contributed by atoms with Crippen LogP contribution in [-0.4, -0.2) is 31.1 Å². The summed E-state index contributed by atoms with van der Waals surface area (Å²) in [6, 6.07) is 22.7. The molecular formula is C31H26N8O2S. The zero-order valence-electron chi connectivity index (χ0n) is 22.8. The molecule has 11 heteroatoms. The van der Waals surface area contributed by atoms with E-state index in [1.807, 2.05) is 67.6 Å². The van der Waals surface area contributed by atoms with Crippen LogP contribution in [0.15, 0.2) is 83.9 Å². The number of hydrogen-bond donors (Lipinski definition) is 4. The molecule has 0 aliphatic heterocycles. The van der Waals surface area contributed by atoms with E-state index in [1.165, 1.54) is 24.6 Å². The third-order valence-electron chi connectivity index (χ3n) is 6.87. The number of aromatic nitrogens is 4. The monoisotopic (exact) mass is 574 g/mol. The number of fused-ring (bicyclic) bond motifs is 2. The van der Waals surface area contributed by atoms with E-state index in [4.69, 9.17) is 11.1 Å². The van der Waals surface area contributed by atoms with Gasteiger partial charge in [-0.1, -0.05) is 53.8 Å². The maximum Gasteiger partial charge on any atom is 0.263 e. The van der Waals surface area contributed by atoms with Crippen molar-refractivity contribution in [3.8, 4) is 5.69 Å². The average Bonchev–Trinajstić information content (AvgIpc) is 3.37.